The van der Waals surface area contributed by atoms with Gasteiger partial charge >= 0.3 is 6.18 Å². The molecule has 0 aliphatic carbocycles. The minimum Gasteiger partial charge on any atom is -0.550 e. The van der Waals surface area contributed by atoms with E-state index in [9.17, 15) is 36.3 Å². The Morgan fingerprint density at radius 1 is 1.20 bits per heavy atom. The molecule has 2 N–H and O–H groups in total. The zero-order valence-electron chi connectivity index (χ0n) is 13.1. The summed E-state index contributed by atoms with van der Waals surface area (Å²) in [5, 5.41) is 12.7. The molecule has 0 aliphatic heterocycles. The monoisotopic (exact) mass is 381 g/mol. The van der Waals surface area contributed by atoms with Crippen molar-refractivity contribution < 1.29 is 36.3 Å². The van der Waals surface area contributed by atoms with E-state index in [1.165, 1.54) is 19.1 Å². The molecule has 0 spiro atoms. The van der Waals surface area contributed by atoms with Gasteiger partial charge in [0.05, 0.1) is 10.8 Å². The minimum absolute atomic E-state index is 0.289. The average Bonchev–Trinajstić information content (AvgIpc) is 2.45. The Morgan fingerprint density at radius 2 is 1.76 bits per heavy atom. The maximum absolute atomic E-state index is 12.8. The molecule has 0 aliphatic rings. The van der Waals surface area contributed by atoms with Crippen LogP contribution in [0.2, 0.25) is 0 Å². The fraction of sp³-hybridized carbons (Fsp3) is 0.429. The van der Waals surface area contributed by atoms with Crippen LogP contribution in [0.15, 0.2) is 29.2 Å². The van der Waals surface area contributed by atoms with Gasteiger partial charge in [0.1, 0.15) is 0 Å². The summed E-state index contributed by atoms with van der Waals surface area (Å²) in [6.07, 6.45) is -6.39. The number of carbonyl (C=O) groups is 2. The fourth-order valence-electron chi connectivity index (χ4n) is 1.89. The van der Waals surface area contributed by atoms with Crippen LogP contribution in [0.1, 0.15) is 19.8 Å². The summed E-state index contributed by atoms with van der Waals surface area (Å²) in [6.45, 7) is 0.267. The molecule has 11 heteroatoms. The van der Waals surface area contributed by atoms with E-state index >= 15 is 0 Å². The molecular weight excluding hydrogens is 365 g/mol. The fourth-order valence-corrected chi connectivity index (χ4v) is 2.97. The van der Waals surface area contributed by atoms with Crippen molar-refractivity contribution in [3.05, 3.63) is 24.3 Å². The second-order valence-electron chi connectivity index (χ2n) is 5.21. The summed E-state index contributed by atoms with van der Waals surface area (Å²) in [5.74, 6) is -4.17. The van der Waals surface area contributed by atoms with Gasteiger partial charge in [-0.2, -0.15) is 13.2 Å². The quantitative estimate of drug-likeness (QED) is 0.685. The third kappa shape index (κ3) is 7.10. The Labute approximate surface area is 142 Å². The number of hydrogen-bond donors (Lipinski definition) is 2. The molecular formula is C14H16F3N2O5S-. The summed E-state index contributed by atoms with van der Waals surface area (Å²) in [5.41, 5.74) is 0.327. The van der Waals surface area contributed by atoms with Crippen molar-refractivity contribution >= 4 is 27.6 Å². The molecule has 0 saturated carbocycles. The molecule has 1 atom stereocenters. The molecule has 0 bridgehead atoms. The molecule has 0 aromatic heterocycles. The standard InChI is InChI=1S/C14H17F3N2O5S/c1-9(20)19-11-3-5-12(6-4-11)25(23,24)18-8-10(14(15,16)17)2-7-13(21)22/h3-6,10,18H,2,7-8H2,1H3,(H,19,20)(H,21,22)/p-1/t10-/m1/s1. The largest absolute Gasteiger partial charge is 0.550 e. The summed E-state index contributed by atoms with van der Waals surface area (Å²) < 4.78 is 64.4. The maximum Gasteiger partial charge on any atom is 0.393 e. The Balaban J connectivity index is 2.81. The summed E-state index contributed by atoms with van der Waals surface area (Å²) in [4.78, 5) is 20.9. The molecule has 25 heavy (non-hydrogen) atoms. The second kappa shape index (κ2) is 8.30. The molecule has 0 saturated heterocycles. The summed E-state index contributed by atoms with van der Waals surface area (Å²) in [6, 6.07) is 4.81. The molecule has 0 radical (unpaired) electrons. The van der Waals surface area contributed by atoms with Crippen LogP contribution in [-0.2, 0) is 19.6 Å². The predicted octanol–water partition coefficient (Wildman–Crippen LogP) is 0.632. The highest BCUT2D eigenvalue weighted by Crippen LogP contribution is 2.29. The van der Waals surface area contributed by atoms with Crippen molar-refractivity contribution in [2.24, 2.45) is 5.92 Å². The molecule has 1 aromatic carbocycles. The Bertz CT molecular complexity index is 717. The number of hydrogen-bond acceptors (Lipinski definition) is 5. The molecule has 7 nitrogen and oxygen atoms in total. The first-order valence-corrected chi connectivity index (χ1v) is 8.54. The van der Waals surface area contributed by atoms with Gasteiger partial charge in [-0.15, -0.1) is 0 Å². The SMILES string of the molecule is CC(=O)Nc1ccc(S(=O)(=O)NC[C@@H](CCC(=O)[O-])C(F)(F)F)cc1. The van der Waals surface area contributed by atoms with Crippen molar-refractivity contribution in [2.75, 3.05) is 11.9 Å². The lowest BCUT2D eigenvalue weighted by Gasteiger charge is -2.21. The zero-order chi connectivity index (χ0) is 19.3. The lowest BCUT2D eigenvalue weighted by atomic mass is 10.0. The van der Waals surface area contributed by atoms with Crippen LogP contribution in [0.3, 0.4) is 0 Å². The van der Waals surface area contributed by atoms with Crippen molar-refractivity contribution in [1.82, 2.24) is 4.72 Å². The maximum atomic E-state index is 12.8. The Kier molecular flexibility index (Phi) is 6.94. The number of halogens is 3. The van der Waals surface area contributed by atoms with E-state index in [0.29, 0.717) is 5.69 Å². The van der Waals surface area contributed by atoms with Crippen molar-refractivity contribution in [3.63, 3.8) is 0 Å². The van der Waals surface area contributed by atoms with Gasteiger partial charge in [0.15, 0.2) is 0 Å². The van der Waals surface area contributed by atoms with Gasteiger partial charge in [0.2, 0.25) is 15.9 Å². The Morgan fingerprint density at radius 3 is 2.20 bits per heavy atom. The van der Waals surface area contributed by atoms with E-state index in [1.807, 2.05) is 4.72 Å². The third-order valence-corrected chi connectivity index (χ3v) is 4.60. The lowest BCUT2D eigenvalue weighted by molar-refractivity contribution is -0.306. The number of anilines is 1. The van der Waals surface area contributed by atoms with Crippen LogP contribution >= 0.6 is 0 Å². The number of amides is 1. The molecule has 0 heterocycles. The number of carboxylic acids is 1. The van der Waals surface area contributed by atoms with Crippen molar-refractivity contribution in [3.8, 4) is 0 Å². The van der Waals surface area contributed by atoms with Crippen molar-refractivity contribution in [2.45, 2.75) is 30.8 Å². The number of carboxylic acid groups (broad SMARTS) is 1. The molecule has 1 aromatic rings. The van der Waals surface area contributed by atoms with Gasteiger partial charge in [-0.3, -0.25) is 4.79 Å². The van der Waals surface area contributed by atoms with Gasteiger partial charge in [0, 0.05) is 25.1 Å². The zero-order valence-corrected chi connectivity index (χ0v) is 13.9. The molecule has 1 amide bonds. The average molecular weight is 381 g/mol. The number of aliphatic carboxylic acids is 1. The van der Waals surface area contributed by atoms with Gasteiger partial charge in [-0.25, -0.2) is 13.1 Å². The van der Waals surface area contributed by atoms with Crippen LogP contribution in [0.4, 0.5) is 18.9 Å². The highest BCUT2D eigenvalue weighted by atomic mass is 32.2. The summed E-state index contributed by atoms with van der Waals surface area (Å²) >= 11 is 0. The van der Waals surface area contributed by atoms with E-state index in [4.69, 9.17) is 0 Å². The summed E-state index contributed by atoms with van der Waals surface area (Å²) in [7, 11) is -4.23. The highest BCUT2D eigenvalue weighted by Gasteiger charge is 2.39. The van der Waals surface area contributed by atoms with Gasteiger partial charge in [-0.1, -0.05) is 0 Å². The molecule has 0 unspecified atom stereocenters. The smallest absolute Gasteiger partial charge is 0.393 e. The third-order valence-electron chi connectivity index (χ3n) is 3.16. The van der Waals surface area contributed by atoms with Gasteiger partial charge < -0.3 is 15.2 Å². The minimum atomic E-state index is -4.76. The first kappa shape index (κ1) is 20.9. The van der Waals surface area contributed by atoms with Gasteiger partial charge in [-0.05, 0) is 37.1 Å². The van der Waals surface area contributed by atoms with Gasteiger partial charge in [0.25, 0.3) is 0 Å². The Hall–Kier alpha value is -2.14. The van der Waals surface area contributed by atoms with E-state index in [2.05, 4.69) is 5.32 Å². The van der Waals surface area contributed by atoms with Crippen molar-refractivity contribution in [1.29, 1.82) is 0 Å². The van der Waals surface area contributed by atoms with Crippen LogP contribution in [0.5, 0.6) is 0 Å². The van der Waals surface area contributed by atoms with Crippen LogP contribution in [0.25, 0.3) is 0 Å². The van der Waals surface area contributed by atoms with Crippen LogP contribution in [0, 0.1) is 5.92 Å². The number of nitrogens with one attached hydrogen (secondary N) is 2. The van der Waals surface area contributed by atoms with E-state index in [0.717, 1.165) is 12.1 Å². The van der Waals surface area contributed by atoms with E-state index in [1.54, 1.807) is 0 Å². The first-order chi connectivity index (χ1) is 11.4. The number of carbonyl (C=O) groups excluding carboxylic acids is 2. The molecule has 140 valence electrons. The molecule has 1 rings (SSSR count). The topological polar surface area (TPSA) is 115 Å². The first-order valence-electron chi connectivity index (χ1n) is 7.05. The second-order valence-corrected chi connectivity index (χ2v) is 6.97. The molecule has 0 fully saturated rings. The number of rotatable bonds is 8. The predicted molar refractivity (Wildman–Crippen MR) is 79.7 cm³/mol. The van der Waals surface area contributed by atoms with Crippen LogP contribution < -0.4 is 15.1 Å². The van der Waals surface area contributed by atoms with Crippen LogP contribution in [-0.4, -0.2) is 33.0 Å². The highest BCUT2D eigenvalue weighted by molar-refractivity contribution is 7.89. The number of benzene rings is 1. The van der Waals surface area contributed by atoms with E-state index in [-0.39, 0.29) is 10.8 Å². The lowest BCUT2D eigenvalue weighted by Crippen LogP contribution is -2.37. The van der Waals surface area contributed by atoms with E-state index < -0.39 is 47.5 Å². The number of sulfonamides is 1. The number of alkyl halides is 3. The normalized spacial score (nSPS) is 13.3.